The first-order chi connectivity index (χ1) is 10.0. The Morgan fingerprint density at radius 3 is 2.52 bits per heavy atom. The monoisotopic (exact) mass is 299 g/mol. The van der Waals surface area contributed by atoms with Crippen molar-refractivity contribution < 1.29 is 9.90 Å². The van der Waals surface area contributed by atoms with Crippen LogP contribution in [0, 0.1) is 0 Å². The molecule has 124 valence electrons. The number of nitrogens with zero attached hydrogens (tertiary/aromatic N) is 2. The second-order valence-corrected chi connectivity index (χ2v) is 6.06. The van der Waals surface area contributed by atoms with Gasteiger partial charge in [0, 0.05) is 12.6 Å². The highest BCUT2D eigenvalue weighted by molar-refractivity contribution is 5.78. The molecule has 5 heteroatoms. The molecule has 0 amide bonds. The molecule has 21 heavy (non-hydrogen) atoms. The van der Waals surface area contributed by atoms with Gasteiger partial charge in [-0.3, -0.25) is 9.69 Å². The Kier molecular flexibility index (Phi) is 7.63. The molecule has 1 fully saturated rings. The minimum absolute atomic E-state index is 0.626. The first kappa shape index (κ1) is 18.4. The fourth-order valence-electron chi connectivity index (χ4n) is 3.50. The summed E-state index contributed by atoms with van der Waals surface area (Å²) in [7, 11) is 1.75. The van der Waals surface area contributed by atoms with Gasteiger partial charge in [-0.15, -0.1) is 0 Å². The van der Waals surface area contributed by atoms with Gasteiger partial charge in [-0.25, -0.2) is 0 Å². The Bertz CT molecular complexity index is 315. The Balaban J connectivity index is 2.38. The summed E-state index contributed by atoms with van der Waals surface area (Å²) in [4.78, 5) is 16.5. The minimum Gasteiger partial charge on any atom is -0.480 e. The van der Waals surface area contributed by atoms with E-state index in [9.17, 15) is 9.90 Å². The van der Waals surface area contributed by atoms with E-state index in [1.807, 2.05) is 6.92 Å². The van der Waals surface area contributed by atoms with E-state index in [1.165, 1.54) is 6.42 Å². The van der Waals surface area contributed by atoms with Crippen LogP contribution < -0.4 is 5.32 Å². The van der Waals surface area contributed by atoms with Crippen LogP contribution in [-0.2, 0) is 4.79 Å². The average molecular weight is 299 g/mol. The molecule has 0 saturated carbocycles. The van der Waals surface area contributed by atoms with Crippen LogP contribution in [0.4, 0.5) is 0 Å². The molecule has 0 aromatic heterocycles. The largest absolute Gasteiger partial charge is 0.480 e. The topological polar surface area (TPSA) is 55.8 Å². The van der Waals surface area contributed by atoms with Gasteiger partial charge in [0.1, 0.15) is 5.54 Å². The van der Waals surface area contributed by atoms with Gasteiger partial charge in [-0.2, -0.15) is 0 Å². The van der Waals surface area contributed by atoms with E-state index < -0.39 is 11.5 Å². The zero-order valence-corrected chi connectivity index (χ0v) is 14.2. The van der Waals surface area contributed by atoms with E-state index in [0.717, 1.165) is 39.1 Å². The second kappa shape index (κ2) is 8.71. The molecule has 2 atom stereocenters. The molecule has 0 aliphatic carbocycles. The van der Waals surface area contributed by atoms with Crippen LogP contribution in [0.5, 0.6) is 0 Å². The smallest absolute Gasteiger partial charge is 0.323 e. The van der Waals surface area contributed by atoms with Crippen LogP contribution >= 0.6 is 0 Å². The minimum atomic E-state index is -0.752. The lowest BCUT2D eigenvalue weighted by molar-refractivity contribution is -0.145. The number of rotatable bonds is 10. The standard InChI is InChI=1S/C16H33N3O2/c1-5-16(17-4,15(20)21)10-8-11-18-12-9-14(13-18)19(6-2)7-3/h14,17H,5-13H2,1-4H3,(H,20,21). The lowest BCUT2D eigenvalue weighted by Crippen LogP contribution is -2.50. The molecule has 1 saturated heterocycles. The van der Waals surface area contributed by atoms with Gasteiger partial charge in [-0.05, 0) is 58.9 Å². The zero-order valence-electron chi connectivity index (χ0n) is 14.2. The van der Waals surface area contributed by atoms with E-state index in [0.29, 0.717) is 18.9 Å². The van der Waals surface area contributed by atoms with Crippen molar-refractivity contribution in [3.05, 3.63) is 0 Å². The van der Waals surface area contributed by atoms with E-state index in [1.54, 1.807) is 7.05 Å². The van der Waals surface area contributed by atoms with Crippen molar-refractivity contribution in [1.82, 2.24) is 15.1 Å². The molecular formula is C16H33N3O2. The number of hydrogen-bond acceptors (Lipinski definition) is 4. The first-order valence-electron chi connectivity index (χ1n) is 8.41. The fourth-order valence-corrected chi connectivity index (χ4v) is 3.50. The Hall–Kier alpha value is -0.650. The summed E-state index contributed by atoms with van der Waals surface area (Å²) < 4.78 is 0. The highest BCUT2D eigenvalue weighted by Gasteiger charge is 2.34. The zero-order chi connectivity index (χ0) is 15.9. The van der Waals surface area contributed by atoms with Crippen molar-refractivity contribution >= 4 is 5.97 Å². The van der Waals surface area contributed by atoms with Crippen molar-refractivity contribution in [1.29, 1.82) is 0 Å². The predicted molar refractivity (Wildman–Crippen MR) is 86.7 cm³/mol. The number of carboxylic acid groups (broad SMARTS) is 1. The van der Waals surface area contributed by atoms with E-state index in [-0.39, 0.29) is 0 Å². The predicted octanol–water partition coefficient (Wildman–Crippen LogP) is 1.64. The summed E-state index contributed by atoms with van der Waals surface area (Å²) in [6, 6.07) is 0.680. The van der Waals surface area contributed by atoms with Gasteiger partial charge in [0.25, 0.3) is 0 Å². The number of carboxylic acids is 1. The van der Waals surface area contributed by atoms with E-state index in [4.69, 9.17) is 0 Å². The van der Waals surface area contributed by atoms with Crippen LogP contribution in [0.3, 0.4) is 0 Å². The number of likely N-dealkylation sites (N-methyl/N-ethyl adjacent to an activating group) is 2. The molecule has 2 unspecified atom stereocenters. The molecule has 0 radical (unpaired) electrons. The SMILES string of the molecule is CCN(CC)C1CCN(CCCC(CC)(NC)C(=O)O)C1. The average Bonchev–Trinajstić information content (AvgIpc) is 2.93. The molecule has 0 spiro atoms. The molecule has 0 bridgehead atoms. The third kappa shape index (κ3) is 4.66. The maximum atomic E-state index is 11.4. The first-order valence-corrected chi connectivity index (χ1v) is 8.41. The van der Waals surface area contributed by atoms with Crippen molar-refractivity contribution in [2.75, 3.05) is 39.8 Å². The van der Waals surface area contributed by atoms with Gasteiger partial charge < -0.3 is 15.3 Å². The van der Waals surface area contributed by atoms with Crippen LogP contribution in [0.1, 0.15) is 46.5 Å². The summed E-state index contributed by atoms with van der Waals surface area (Å²) in [6.07, 6.45) is 3.50. The lowest BCUT2D eigenvalue weighted by Gasteiger charge is -2.29. The molecular weight excluding hydrogens is 266 g/mol. The van der Waals surface area contributed by atoms with Gasteiger partial charge in [0.15, 0.2) is 0 Å². The van der Waals surface area contributed by atoms with Gasteiger partial charge in [0.05, 0.1) is 0 Å². The highest BCUT2D eigenvalue weighted by atomic mass is 16.4. The summed E-state index contributed by atoms with van der Waals surface area (Å²) in [6.45, 7) is 11.9. The summed E-state index contributed by atoms with van der Waals surface area (Å²) in [5.41, 5.74) is -0.752. The molecule has 0 aromatic carbocycles. The van der Waals surface area contributed by atoms with Gasteiger partial charge in [0.2, 0.25) is 0 Å². The van der Waals surface area contributed by atoms with E-state index in [2.05, 4.69) is 29.0 Å². The normalized spacial score (nSPS) is 22.6. The van der Waals surface area contributed by atoms with Crippen LogP contribution in [-0.4, -0.2) is 72.2 Å². The molecule has 1 aliphatic rings. The molecule has 5 nitrogen and oxygen atoms in total. The highest BCUT2D eigenvalue weighted by Crippen LogP contribution is 2.20. The van der Waals surface area contributed by atoms with Crippen LogP contribution in [0.15, 0.2) is 0 Å². The quantitative estimate of drug-likeness (QED) is 0.642. The van der Waals surface area contributed by atoms with Crippen LogP contribution in [0.2, 0.25) is 0 Å². The fraction of sp³-hybridized carbons (Fsp3) is 0.938. The van der Waals surface area contributed by atoms with Gasteiger partial charge >= 0.3 is 5.97 Å². The van der Waals surface area contributed by atoms with Crippen molar-refractivity contribution in [2.45, 2.75) is 58.0 Å². The number of likely N-dealkylation sites (tertiary alicyclic amines) is 1. The Morgan fingerprint density at radius 2 is 2.05 bits per heavy atom. The van der Waals surface area contributed by atoms with Crippen molar-refractivity contribution in [2.24, 2.45) is 0 Å². The maximum Gasteiger partial charge on any atom is 0.323 e. The molecule has 0 aromatic rings. The Morgan fingerprint density at radius 1 is 1.38 bits per heavy atom. The Labute approximate surface area is 129 Å². The van der Waals surface area contributed by atoms with Crippen molar-refractivity contribution in [3.8, 4) is 0 Å². The second-order valence-electron chi connectivity index (χ2n) is 6.06. The molecule has 1 heterocycles. The number of hydrogen-bond donors (Lipinski definition) is 2. The number of carbonyl (C=O) groups is 1. The number of nitrogens with one attached hydrogen (secondary N) is 1. The third-order valence-electron chi connectivity index (χ3n) is 5.15. The summed E-state index contributed by atoms with van der Waals surface area (Å²) >= 11 is 0. The van der Waals surface area contributed by atoms with E-state index >= 15 is 0 Å². The lowest BCUT2D eigenvalue weighted by atomic mass is 9.90. The maximum absolute atomic E-state index is 11.4. The van der Waals surface area contributed by atoms with Gasteiger partial charge in [-0.1, -0.05) is 20.8 Å². The number of aliphatic carboxylic acids is 1. The van der Waals surface area contributed by atoms with Crippen molar-refractivity contribution in [3.63, 3.8) is 0 Å². The summed E-state index contributed by atoms with van der Waals surface area (Å²) in [5, 5.41) is 12.4. The molecule has 2 N–H and O–H groups in total. The molecule has 1 aliphatic heterocycles. The van der Waals surface area contributed by atoms with Crippen LogP contribution in [0.25, 0.3) is 0 Å². The third-order valence-corrected chi connectivity index (χ3v) is 5.15. The summed E-state index contributed by atoms with van der Waals surface area (Å²) in [5.74, 6) is -0.727. The molecule has 1 rings (SSSR count).